The minimum Gasteiger partial charge on any atom is -0.496 e. The number of nitrogens with zero attached hydrogens (tertiary/aromatic N) is 1. The lowest BCUT2D eigenvalue weighted by Crippen LogP contribution is -2.40. The lowest BCUT2D eigenvalue weighted by molar-refractivity contribution is 0.0690. The SMILES string of the molecule is COc1cc2c(cc1OC)[C@@H](c1cccc(Cl)c1)N(C(=O)c1ccccc1OC)CC2. The number of halogens is 1. The molecule has 0 radical (unpaired) electrons. The summed E-state index contributed by atoms with van der Waals surface area (Å²) in [6.07, 6.45) is 0.702. The minimum atomic E-state index is -0.320. The number of ether oxygens (including phenoxy) is 3. The predicted molar refractivity (Wildman–Crippen MR) is 121 cm³/mol. The Balaban J connectivity index is 1.87. The maximum atomic E-state index is 13.7. The fraction of sp³-hybridized carbons (Fsp3) is 0.240. The Hall–Kier alpha value is -3.18. The Morgan fingerprint density at radius 2 is 1.61 bits per heavy atom. The number of amides is 1. The summed E-state index contributed by atoms with van der Waals surface area (Å²) >= 11 is 6.32. The van der Waals surface area contributed by atoms with Gasteiger partial charge in [-0.3, -0.25) is 4.79 Å². The van der Waals surface area contributed by atoms with Gasteiger partial charge in [-0.15, -0.1) is 0 Å². The molecule has 1 aliphatic heterocycles. The first-order chi connectivity index (χ1) is 15.1. The summed E-state index contributed by atoms with van der Waals surface area (Å²) in [7, 11) is 4.81. The second kappa shape index (κ2) is 8.90. The van der Waals surface area contributed by atoms with Crippen molar-refractivity contribution in [3.63, 3.8) is 0 Å². The third-order valence-corrected chi connectivity index (χ3v) is 5.87. The highest BCUT2D eigenvalue weighted by Gasteiger charge is 2.34. The van der Waals surface area contributed by atoms with Crippen molar-refractivity contribution in [1.82, 2.24) is 4.90 Å². The summed E-state index contributed by atoms with van der Waals surface area (Å²) in [5, 5.41) is 0.620. The fourth-order valence-electron chi connectivity index (χ4n) is 4.18. The molecular weight excluding hydrogens is 414 g/mol. The van der Waals surface area contributed by atoms with Gasteiger partial charge in [0.2, 0.25) is 0 Å². The van der Waals surface area contributed by atoms with Crippen molar-refractivity contribution < 1.29 is 19.0 Å². The molecule has 31 heavy (non-hydrogen) atoms. The van der Waals surface area contributed by atoms with Gasteiger partial charge in [-0.25, -0.2) is 0 Å². The van der Waals surface area contributed by atoms with E-state index in [4.69, 9.17) is 25.8 Å². The number of carbonyl (C=O) groups excluding carboxylic acids is 1. The van der Waals surface area contributed by atoms with Crippen molar-refractivity contribution in [2.24, 2.45) is 0 Å². The van der Waals surface area contributed by atoms with Crippen LogP contribution >= 0.6 is 11.6 Å². The molecule has 0 spiro atoms. The lowest BCUT2D eigenvalue weighted by atomic mass is 9.87. The number of benzene rings is 3. The number of carbonyl (C=O) groups is 1. The van der Waals surface area contributed by atoms with E-state index in [1.807, 2.05) is 53.4 Å². The summed E-state index contributed by atoms with van der Waals surface area (Å²) in [6, 6.07) is 18.5. The second-order valence-electron chi connectivity index (χ2n) is 7.31. The predicted octanol–water partition coefficient (Wildman–Crippen LogP) is 5.15. The largest absolute Gasteiger partial charge is 0.496 e. The van der Waals surface area contributed by atoms with Gasteiger partial charge in [0.05, 0.1) is 32.9 Å². The first-order valence-electron chi connectivity index (χ1n) is 10.0. The molecule has 0 aromatic heterocycles. The lowest BCUT2D eigenvalue weighted by Gasteiger charge is -2.38. The number of rotatable bonds is 5. The van der Waals surface area contributed by atoms with Crippen LogP contribution in [0.25, 0.3) is 0 Å². The first kappa shape index (κ1) is 21.1. The highest BCUT2D eigenvalue weighted by molar-refractivity contribution is 6.30. The maximum absolute atomic E-state index is 13.7. The summed E-state index contributed by atoms with van der Waals surface area (Å²) < 4.78 is 16.5. The van der Waals surface area contributed by atoms with E-state index in [2.05, 4.69) is 0 Å². The maximum Gasteiger partial charge on any atom is 0.258 e. The van der Waals surface area contributed by atoms with E-state index in [9.17, 15) is 4.79 Å². The molecule has 3 aromatic carbocycles. The number of para-hydroxylation sites is 1. The van der Waals surface area contributed by atoms with Crippen LogP contribution in [0.5, 0.6) is 17.2 Å². The molecule has 0 fully saturated rings. The normalized spacial score (nSPS) is 15.2. The Bertz CT molecular complexity index is 1110. The molecule has 4 rings (SSSR count). The van der Waals surface area contributed by atoms with Crippen LogP contribution in [0.4, 0.5) is 0 Å². The first-order valence-corrected chi connectivity index (χ1v) is 10.4. The van der Waals surface area contributed by atoms with E-state index in [0.29, 0.717) is 40.8 Å². The van der Waals surface area contributed by atoms with E-state index in [0.717, 1.165) is 16.7 Å². The highest BCUT2D eigenvalue weighted by atomic mass is 35.5. The van der Waals surface area contributed by atoms with Gasteiger partial charge >= 0.3 is 0 Å². The summed E-state index contributed by atoms with van der Waals surface area (Å²) in [5.41, 5.74) is 3.57. The van der Waals surface area contributed by atoms with Gasteiger partial charge in [-0.1, -0.05) is 35.9 Å². The summed E-state index contributed by atoms with van der Waals surface area (Å²) in [4.78, 5) is 15.6. The average Bonchev–Trinajstić information content (AvgIpc) is 2.81. The van der Waals surface area contributed by atoms with Crippen LogP contribution in [-0.4, -0.2) is 38.7 Å². The molecule has 1 amide bonds. The van der Waals surface area contributed by atoms with Crippen molar-refractivity contribution >= 4 is 17.5 Å². The fourth-order valence-corrected chi connectivity index (χ4v) is 4.38. The zero-order valence-corrected chi connectivity index (χ0v) is 18.5. The smallest absolute Gasteiger partial charge is 0.258 e. The van der Waals surface area contributed by atoms with E-state index in [1.54, 1.807) is 33.5 Å². The van der Waals surface area contributed by atoms with Crippen LogP contribution in [-0.2, 0) is 6.42 Å². The van der Waals surface area contributed by atoms with E-state index >= 15 is 0 Å². The van der Waals surface area contributed by atoms with Crippen molar-refractivity contribution in [2.75, 3.05) is 27.9 Å². The molecular formula is C25H24ClNO4. The molecule has 3 aromatic rings. The van der Waals surface area contributed by atoms with Crippen molar-refractivity contribution in [3.05, 3.63) is 87.9 Å². The zero-order chi connectivity index (χ0) is 22.0. The molecule has 0 aliphatic carbocycles. The van der Waals surface area contributed by atoms with Gasteiger partial charge in [0.1, 0.15) is 5.75 Å². The van der Waals surface area contributed by atoms with Gasteiger partial charge in [0.15, 0.2) is 11.5 Å². The minimum absolute atomic E-state index is 0.0946. The monoisotopic (exact) mass is 437 g/mol. The molecule has 1 atom stereocenters. The highest BCUT2D eigenvalue weighted by Crippen LogP contribution is 2.42. The number of methoxy groups -OCH3 is 3. The van der Waals surface area contributed by atoms with E-state index < -0.39 is 0 Å². The standard InChI is InChI=1S/C25H24ClNO4/c1-29-21-10-5-4-9-19(21)25(28)27-12-11-16-14-22(30-2)23(31-3)15-20(16)24(27)17-7-6-8-18(26)13-17/h4-10,13-15,24H,11-12H2,1-3H3/t24-/m1/s1. The Morgan fingerprint density at radius 3 is 2.32 bits per heavy atom. The van der Waals surface area contributed by atoms with Crippen LogP contribution in [0.1, 0.15) is 33.1 Å². The molecule has 160 valence electrons. The zero-order valence-electron chi connectivity index (χ0n) is 17.7. The van der Waals surface area contributed by atoms with Crippen molar-refractivity contribution in [3.8, 4) is 17.2 Å². The molecule has 1 heterocycles. The van der Waals surface area contributed by atoms with Crippen LogP contribution in [0.3, 0.4) is 0 Å². The number of hydrogen-bond acceptors (Lipinski definition) is 4. The molecule has 6 heteroatoms. The average molecular weight is 438 g/mol. The molecule has 1 aliphatic rings. The third-order valence-electron chi connectivity index (χ3n) is 5.64. The van der Waals surface area contributed by atoms with Crippen LogP contribution in [0.2, 0.25) is 5.02 Å². The van der Waals surface area contributed by atoms with Crippen LogP contribution < -0.4 is 14.2 Å². The van der Waals surface area contributed by atoms with Gasteiger partial charge in [-0.05, 0) is 59.5 Å². The van der Waals surface area contributed by atoms with Gasteiger partial charge in [-0.2, -0.15) is 0 Å². The number of fused-ring (bicyclic) bond motifs is 1. The summed E-state index contributed by atoms with van der Waals surface area (Å²) in [5.74, 6) is 1.76. The Kier molecular flexibility index (Phi) is 6.05. The Morgan fingerprint density at radius 1 is 0.903 bits per heavy atom. The molecule has 0 saturated heterocycles. The molecule has 5 nitrogen and oxygen atoms in total. The second-order valence-corrected chi connectivity index (χ2v) is 7.75. The Labute approximate surface area is 187 Å². The number of hydrogen-bond donors (Lipinski definition) is 0. The summed E-state index contributed by atoms with van der Waals surface area (Å²) in [6.45, 7) is 0.552. The van der Waals surface area contributed by atoms with E-state index in [-0.39, 0.29) is 11.9 Å². The van der Waals surface area contributed by atoms with Crippen molar-refractivity contribution in [2.45, 2.75) is 12.5 Å². The molecule has 0 N–H and O–H groups in total. The van der Waals surface area contributed by atoms with E-state index in [1.165, 1.54) is 0 Å². The molecule has 0 unspecified atom stereocenters. The molecule has 0 bridgehead atoms. The van der Waals surface area contributed by atoms with Gasteiger partial charge < -0.3 is 19.1 Å². The quantitative estimate of drug-likeness (QED) is 0.553. The van der Waals surface area contributed by atoms with Gasteiger partial charge in [0.25, 0.3) is 5.91 Å². The van der Waals surface area contributed by atoms with Crippen LogP contribution in [0.15, 0.2) is 60.7 Å². The van der Waals surface area contributed by atoms with Gasteiger partial charge in [0, 0.05) is 11.6 Å². The van der Waals surface area contributed by atoms with Crippen LogP contribution in [0, 0.1) is 0 Å². The topological polar surface area (TPSA) is 48.0 Å². The van der Waals surface area contributed by atoms with Crippen molar-refractivity contribution in [1.29, 1.82) is 0 Å². The molecule has 0 saturated carbocycles. The third kappa shape index (κ3) is 3.93.